The van der Waals surface area contributed by atoms with E-state index < -0.39 is 0 Å². The van der Waals surface area contributed by atoms with Crippen molar-refractivity contribution in [3.63, 3.8) is 0 Å². The minimum absolute atomic E-state index is 0.710. The molecule has 0 spiro atoms. The van der Waals surface area contributed by atoms with Crippen LogP contribution in [0.5, 0.6) is 0 Å². The van der Waals surface area contributed by atoms with E-state index in [0.29, 0.717) is 5.92 Å². The second-order valence-electron chi connectivity index (χ2n) is 3.78. The first kappa shape index (κ1) is 8.75. The Bertz CT molecular complexity index is 372. The van der Waals surface area contributed by atoms with Crippen LogP contribution in [-0.4, -0.2) is 9.97 Å². The molecule has 2 nitrogen and oxygen atoms in total. The van der Waals surface area contributed by atoms with E-state index in [2.05, 4.69) is 23.0 Å². The Kier molecular flexibility index (Phi) is 2.36. The lowest BCUT2D eigenvalue weighted by Gasteiger charge is -2.03. The third-order valence-corrected chi connectivity index (χ3v) is 2.78. The summed E-state index contributed by atoms with van der Waals surface area (Å²) >= 11 is 4.97. The van der Waals surface area contributed by atoms with Gasteiger partial charge >= 0.3 is 0 Å². The Morgan fingerprint density at radius 1 is 1.62 bits per heavy atom. The number of rotatable bonds is 2. The van der Waals surface area contributed by atoms with Crippen LogP contribution in [0, 0.1) is 10.7 Å². The predicted octanol–water partition coefficient (Wildman–Crippen LogP) is 2.97. The zero-order valence-electron chi connectivity index (χ0n) is 7.76. The van der Waals surface area contributed by atoms with Gasteiger partial charge in [-0.2, -0.15) is 0 Å². The molecule has 0 saturated carbocycles. The molecule has 1 aliphatic carbocycles. The van der Waals surface area contributed by atoms with Crippen LogP contribution in [0.4, 0.5) is 0 Å². The van der Waals surface area contributed by atoms with E-state index in [9.17, 15) is 0 Å². The Hall–Kier alpha value is -0.830. The van der Waals surface area contributed by atoms with Crippen molar-refractivity contribution in [2.24, 2.45) is 5.92 Å². The van der Waals surface area contributed by atoms with Crippen LogP contribution in [0.25, 0.3) is 0 Å². The van der Waals surface area contributed by atoms with Crippen LogP contribution in [0.3, 0.4) is 0 Å². The first-order chi connectivity index (χ1) is 6.24. The van der Waals surface area contributed by atoms with E-state index in [-0.39, 0.29) is 0 Å². The summed E-state index contributed by atoms with van der Waals surface area (Å²) in [5, 5.41) is 0. The number of imidazole rings is 1. The molecule has 0 aliphatic heterocycles. The molecule has 0 amide bonds. The van der Waals surface area contributed by atoms with Crippen LogP contribution in [0.1, 0.15) is 25.5 Å². The molecule has 0 fully saturated rings. The largest absolute Gasteiger partial charge is 0.337 e. The van der Waals surface area contributed by atoms with Gasteiger partial charge in [-0.1, -0.05) is 11.6 Å². The van der Waals surface area contributed by atoms with Crippen molar-refractivity contribution in [2.75, 3.05) is 0 Å². The molecule has 3 heteroatoms. The summed E-state index contributed by atoms with van der Waals surface area (Å²) in [7, 11) is 0. The van der Waals surface area contributed by atoms with E-state index in [4.69, 9.17) is 12.2 Å². The molecule has 1 atom stereocenters. The molecule has 2 N–H and O–H groups in total. The summed E-state index contributed by atoms with van der Waals surface area (Å²) in [4.78, 5) is 6.14. The maximum atomic E-state index is 4.97. The third kappa shape index (κ3) is 2.10. The van der Waals surface area contributed by atoms with Gasteiger partial charge in [-0.15, -0.1) is 0 Å². The van der Waals surface area contributed by atoms with Gasteiger partial charge in [0, 0.05) is 11.9 Å². The molecular formula is C10H14N2S. The van der Waals surface area contributed by atoms with Gasteiger partial charge in [-0.05, 0) is 44.3 Å². The van der Waals surface area contributed by atoms with Crippen molar-refractivity contribution in [3.05, 3.63) is 28.3 Å². The summed E-state index contributed by atoms with van der Waals surface area (Å²) in [6.45, 7) is 2.21. The highest BCUT2D eigenvalue weighted by Crippen LogP contribution is 2.25. The fourth-order valence-electron chi connectivity index (χ4n) is 1.91. The Balaban J connectivity index is 2.03. The summed E-state index contributed by atoms with van der Waals surface area (Å²) in [6.07, 6.45) is 7.99. The molecule has 13 heavy (non-hydrogen) atoms. The third-order valence-electron chi connectivity index (χ3n) is 2.56. The van der Waals surface area contributed by atoms with Gasteiger partial charge in [-0.25, -0.2) is 0 Å². The second kappa shape index (κ2) is 3.50. The molecule has 0 bridgehead atoms. The van der Waals surface area contributed by atoms with Crippen molar-refractivity contribution in [3.8, 4) is 0 Å². The second-order valence-corrected chi connectivity index (χ2v) is 4.19. The number of aromatic nitrogens is 2. The van der Waals surface area contributed by atoms with Gasteiger partial charge in [0.2, 0.25) is 0 Å². The van der Waals surface area contributed by atoms with E-state index in [1.807, 2.05) is 6.20 Å². The molecule has 70 valence electrons. The van der Waals surface area contributed by atoms with E-state index in [1.165, 1.54) is 24.1 Å². The molecule has 1 heterocycles. The summed E-state index contributed by atoms with van der Waals surface area (Å²) in [5.74, 6) is 0.710. The zero-order valence-corrected chi connectivity index (χ0v) is 8.58. The first-order valence-corrected chi connectivity index (χ1v) is 5.09. The van der Waals surface area contributed by atoms with E-state index in [0.717, 1.165) is 11.2 Å². The average Bonchev–Trinajstić information content (AvgIpc) is 2.62. The maximum absolute atomic E-state index is 4.97. The standard InChI is InChI=1S/C10H14N2S/c1-7-2-3-8(4-7)5-9-6-11-10(13)12-9/h4,6,8H,2-3,5H2,1H3,(H2,11,12,13). The Labute approximate surface area is 83.1 Å². The number of hydrogen-bond acceptors (Lipinski definition) is 1. The van der Waals surface area contributed by atoms with E-state index >= 15 is 0 Å². The lowest BCUT2D eigenvalue weighted by atomic mass is 10.0. The summed E-state index contributed by atoms with van der Waals surface area (Å²) < 4.78 is 0.730. The highest BCUT2D eigenvalue weighted by atomic mass is 32.1. The number of aromatic amines is 2. The van der Waals surface area contributed by atoms with Gasteiger partial charge in [0.1, 0.15) is 0 Å². The lowest BCUT2D eigenvalue weighted by molar-refractivity contribution is 0.620. The molecule has 1 aromatic heterocycles. The molecule has 0 radical (unpaired) electrons. The van der Waals surface area contributed by atoms with Gasteiger partial charge < -0.3 is 9.97 Å². The molecule has 1 unspecified atom stereocenters. The van der Waals surface area contributed by atoms with Crippen molar-refractivity contribution >= 4 is 12.2 Å². The van der Waals surface area contributed by atoms with Crippen molar-refractivity contribution < 1.29 is 0 Å². The number of hydrogen-bond donors (Lipinski definition) is 2. The normalized spacial score (nSPS) is 21.9. The fourth-order valence-corrected chi connectivity index (χ4v) is 2.10. The van der Waals surface area contributed by atoms with Crippen LogP contribution in [0.15, 0.2) is 17.8 Å². The Morgan fingerprint density at radius 3 is 3.00 bits per heavy atom. The molecule has 0 aromatic carbocycles. The minimum atomic E-state index is 0.710. The SMILES string of the molecule is CC1=CC(Cc2c[nH]c(=S)[nH]2)CC1. The average molecular weight is 194 g/mol. The van der Waals surface area contributed by atoms with Crippen LogP contribution in [-0.2, 0) is 6.42 Å². The minimum Gasteiger partial charge on any atom is -0.337 e. The molecule has 1 aliphatic rings. The van der Waals surface area contributed by atoms with Crippen molar-refractivity contribution in [2.45, 2.75) is 26.2 Å². The molecule has 2 rings (SSSR count). The topological polar surface area (TPSA) is 31.6 Å². The monoisotopic (exact) mass is 194 g/mol. The van der Waals surface area contributed by atoms with Crippen molar-refractivity contribution in [1.29, 1.82) is 0 Å². The predicted molar refractivity (Wildman–Crippen MR) is 56.2 cm³/mol. The maximum Gasteiger partial charge on any atom is 0.174 e. The van der Waals surface area contributed by atoms with Crippen LogP contribution in [0.2, 0.25) is 0 Å². The summed E-state index contributed by atoms with van der Waals surface area (Å²) in [6, 6.07) is 0. The summed E-state index contributed by atoms with van der Waals surface area (Å²) in [5.41, 5.74) is 2.75. The van der Waals surface area contributed by atoms with Gasteiger partial charge in [0.25, 0.3) is 0 Å². The molecule has 1 aromatic rings. The molecule has 0 saturated heterocycles. The highest BCUT2D eigenvalue weighted by Gasteiger charge is 2.13. The zero-order chi connectivity index (χ0) is 9.26. The first-order valence-electron chi connectivity index (χ1n) is 4.68. The highest BCUT2D eigenvalue weighted by molar-refractivity contribution is 7.71. The smallest absolute Gasteiger partial charge is 0.174 e. The van der Waals surface area contributed by atoms with E-state index in [1.54, 1.807) is 0 Å². The van der Waals surface area contributed by atoms with Crippen LogP contribution >= 0.6 is 12.2 Å². The van der Waals surface area contributed by atoms with Crippen LogP contribution < -0.4 is 0 Å². The lowest BCUT2D eigenvalue weighted by Crippen LogP contribution is -1.97. The van der Waals surface area contributed by atoms with Gasteiger partial charge in [-0.3, -0.25) is 0 Å². The number of nitrogens with one attached hydrogen (secondary N) is 2. The van der Waals surface area contributed by atoms with Crippen molar-refractivity contribution in [1.82, 2.24) is 9.97 Å². The molecular weight excluding hydrogens is 180 g/mol. The number of H-pyrrole nitrogens is 2. The fraction of sp³-hybridized carbons (Fsp3) is 0.500. The Morgan fingerprint density at radius 2 is 2.46 bits per heavy atom. The van der Waals surface area contributed by atoms with Gasteiger partial charge in [0.05, 0.1) is 0 Å². The number of allylic oxidation sites excluding steroid dienone is 2. The quantitative estimate of drug-likeness (QED) is 0.550. The van der Waals surface area contributed by atoms with Gasteiger partial charge in [0.15, 0.2) is 4.77 Å².